The van der Waals surface area contributed by atoms with Crippen LogP contribution in [0.2, 0.25) is 0 Å². The fourth-order valence-electron chi connectivity index (χ4n) is 7.01. The predicted molar refractivity (Wildman–Crippen MR) is 179 cm³/mol. The van der Waals surface area contributed by atoms with Gasteiger partial charge in [-0.3, -0.25) is 0 Å². The number of benzene rings is 2. The van der Waals surface area contributed by atoms with E-state index in [1.54, 1.807) is 0 Å². The lowest BCUT2D eigenvalue weighted by Gasteiger charge is -2.38. The van der Waals surface area contributed by atoms with Crippen molar-refractivity contribution >= 4 is 40.6 Å². The molecule has 42 heavy (non-hydrogen) atoms. The van der Waals surface area contributed by atoms with E-state index in [0.717, 1.165) is 57.4 Å². The summed E-state index contributed by atoms with van der Waals surface area (Å²) < 4.78 is 0. The highest BCUT2D eigenvalue weighted by molar-refractivity contribution is 7.80. The molecule has 8 heteroatoms. The number of aromatic nitrogens is 2. The molecule has 6 rings (SSSR count). The zero-order valence-corrected chi connectivity index (χ0v) is 25.8. The first-order valence-electron chi connectivity index (χ1n) is 15.9. The molecule has 2 aliphatic heterocycles. The second-order valence-electron chi connectivity index (χ2n) is 12.4. The van der Waals surface area contributed by atoms with Crippen LogP contribution in [0, 0.1) is 5.92 Å². The molecule has 7 nitrogen and oxygen atoms in total. The molecule has 3 aliphatic rings. The van der Waals surface area contributed by atoms with Crippen molar-refractivity contribution < 1.29 is 0 Å². The van der Waals surface area contributed by atoms with E-state index in [-0.39, 0.29) is 5.41 Å². The summed E-state index contributed by atoms with van der Waals surface area (Å²) in [4.78, 5) is 17.3. The topological polar surface area (TPSA) is 59.6 Å². The minimum atomic E-state index is 0.113. The molecule has 3 aromatic rings. The van der Waals surface area contributed by atoms with E-state index in [2.05, 4.69) is 99.0 Å². The highest BCUT2D eigenvalue weighted by atomic mass is 32.1. The summed E-state index contributed by atoms with van der Waals surface area (Å²) in [5.41, 5.74) is 2.81. The summed E-state index contributed by atoms with van der Waals surface area (Å²) in [6.45, 7) is 8.99. The Bertz CT molecular complexity index is 1300. The van der Waals surface area contributed by atoms with E-state index in [1.165, 1.54) is 56.2 Å². The van der Waals surface area contributed by atoms with Gasteiger partial charge in [0, 0.05) is 63.0 Å². The van der Waals surface area contributed by atoms with Crippen LogP contribution in [0.1, 0.15) is 57.4 Å². The first-order valence-corrected chi connectivity index (χ1v) is 16.3. The standard InChI is InChI=1S/C34H45N7S/c1-27-12-11-19-41(25-27)31-24-30(40-22-20-39(21-23-40)29-15-7-3-8-16-29)36-32(37-31)38-33(42)35-26-34(17-9-4-10-18-34)28-13-5-2-6-14-28/h2-3,5-8,13-16,24,27H,4,9-12,17-23,25-26H2,1H3,(H2,35,36,37,38,42). The van der Waals surface area contributed by atoms with Crippen LogP contribution < -0.4 is 25.3 Å². The maximum Gasteiger partial charge on any atom is 0.232 e. The number of rotatable bonds is 7. The molecule has 1 atom stereocenters. The van der Waals surface area contributed by atoms with Crippen LogP contribution >= 0.6 is 12.2 Å². The van der Waals surface area contributed by atoms with Crippen LogP contribution in [0.5, 0.6) is 0 Å². The van der Waals surface area contributed by atoms with Crippen molar-refractivity contribution in [1.82, 2.24) is 15.3 Å². The van der Waals surface area contributed by atoms with E-state index in [4.69, 9.17) is 22.2 Å². The molecule has 0 radical (unpaired) electrons. The largest absolute Gasteiger partial charge is 0.368 e. The molecule has 0 amide bonds. The van der Waals surface area contributed by atoms with Crippen LogP contribution in [-0.4, -0.2) is 60.9 Å². The summed E-state index contributed by atoms with van der Waals surface area (Å²) in [6, 6.07) is 23.9. The lowest BCUT2D eigenvalue weighted by Crippen LogP contribution is -2.47. The summed E-state index contributed by atoms with van der Waals surface area (Å²) in [7, 11) is 0. The molecule has 2 aromatic carbocycles. The van der Waals surface area contributed by atoms with Gasteiger partial charge in [-0.2, -0.15) is 9.97 Å². The monoisotopic (exact) mass is 583 g/mol. The third-order valence-corrected chi connectivity index (χ3v) is 9.66. The molecule has 3 fully saturated rings. The Hall–Kier alpha value is -3.39. The van der Waals surface area contributed by atoms with Gasteiger partial charge in [-0.15, -0.1) is 0 Å². The van der Waals surface area contributed by atoms with Gasteiger partial charge in [0.25, 0.3) is 0 Å². The second-order valence-corrected chi connectivity index (χ2v) is 12.8. The van der Waals surface area contributed by atoms with Gasteiger partial charge in [0.1, 0.15) is 11.6 Å². The fourth-order valence-corrected chi connectivity index (χ4v) is 7.18. The highest BCUT2D eigenvalue weighted by Gasteiger charge is 2.34. The second kappa shape index (κ2) is 13.3. The zero-order valence-electron chi connectivity index (χ0n) is 25.0. The van der Waals surface area contributed by atoms with Gasteiger partial charge in [-0.05, 0) is 61.5 Å². The van der Waals surface area contributed by atoms with Gasteiger partial charge in [-0.1, -0.05) is 74.7 Å². The summed E-state index contributed by atoms with van der Waals surface area (Å²) in [5.74, 6) is 3.22. The molecule has 222 valence electrons. The van der Waals surface area contributed by atoms with E-state index in [1.807, 2.05) is 0 Å². The van der Waals surface area contributed by atoms with Crippen LogP contribution in [-0.2, 0) is 5.41 Å². The number of piperazine rings is 1. The number of nitrogens with zero attached hydrogens (tertiary/aromatic N) is 5. The number of nitrogens with one attached hydrogen (secondary N) is 2. The lowest BCUT2D eigenvalue weighted by molar-refractivity contribution is 0.292. The van der Waals surface area contributed by atoms with Crippen molar-refractivity contribution in [2.24, 2.45) is 5.92 Å². The minimum Gasteiger partial charge on any atom is -0.368 e. The Kier molecular flexibility index (Phi) is 9.08. The SMILES string of the molecule is CC1CCCN(c2cc(N3CCN(c4ccccc4)CC3)nc(NC(=S)NCC3(c4ccccc4)CCCCC3)n2)C1. The lowest BCUT2D eigenvalue weighted by atomic mass is 9.69. The van der Waals surface area contributed by atoms with Crippen LogP contribution in [0.4, 0.5) is 23.3 Å². The molecule has 1 unspecified atom stereocenters. The summed E-state index contributed by atoms with van der Waals surface area (Å²) >= 11 is 5.86. The van der Waals surface area contributed by atoms with Crippen molar-refractivity contribution in [2.45, 2.75) is 57.3 Å². The maximum absolute atomic E-state index is 5.86. The number of piperidine rings is 1. The van der Waals surface area contributed by atoms with E-state index < -0.39 is 0 Å². The Balaban J connectivity index is 1.17. The molecular formula is C34H45N7S. The van der Waals surface area contributed by atoms with Crippen LogP contribution in [0.25, 0.3) is 0 Å². The molecule has 1 saturated carbocycles. The third-order valence-electron chi connectivity index (χ3n) is 9.41. The molecule has 2 saturated heterocycles. The Morgan fingerprint density at radius 2 is 1.45 bits per heavy atom. The van der Waals surface area contributed by atoms with Crippen molar-refractivity contribution in [3.05, 3.63) is 72.3 Å². The number of hydrogen-bond acceptors (Lipinski definition) is 6. The van der Waals surface area contributed by atoms with E-state index in [0.29, 0.717) is 17.0 Å². The van der Waals surface area contributed by atoms with E-state index in [9.17, 15) is 0 Å². The molecule has 0 bridgehead atoms. The molecular weight excluding hydrogens is 538 g/mol. The number of hydrogen-bond donors (Lipinski definition) is 2. The van der Waals surface area contributed by atoms with Crippen molar-refractivity contribution in [3.63, 3.8) is 0 Å². The predicted octanol–water partition coefficient (Wildman–Crippen LogP) is 6.23. The molecule has 1 aliphatic carbocycles. The average molecular weight is 584 g/mol. The summed E-state index contributed by atoms with van der Waals surface area (Å²) in [6.07, 6.45) is 8.68. The van der Waals surface area contributed by atoms with Gasteiger partial charge in [-0.25, -0.2) is 0 Å². The molecule has 2 N–H and O–H groups in total. The first-order chi connectivity index (χ1) is 20.6. The van der Waals surface area contributed by atoms with Gasteiger partial charge in [0.2, 0.25) is 5.95 Å². The Labute approximate surface area is 256 Å². The van der Waals surface area contributed by atoms with Gasteiger partial charge in [0.05, 0.1) is 0 Å². The van der Waals surface area contributed by atoms with Gasteiger partial charge >= 0.3 is 0 Å². The Morgan fingerprint density at radius 1 is 0.810 bits per heavy atom. The number of para-hydroxylation sites is 1. The first kappa shape index (κ1) is 28.7. The van der Waals surface area contributed by atoms with Crippen molar-refractivity contribution in [1.29, 1.82) is 0 Å². The quantitative estimate of drug-likeness (QED) is 0.318. The van der Waals surface area contributed by atoms with Crippen molar-refractivity contribution in [2.75, 3.05) is 65.8 Å². The Morgan fingerprint density at radius 3 is 2.14 bits per heavy atom. The maximum atomic E-state index is 5.86. The van der Waals surface area contributed by atoms with Crippen LogP contribution in [0.3, 0.4) is 0 Å². The molecule has 1 aromatic heterocycles. The highest BCUT2D eigenvalue weighted by Crippen LogP contribution is 2.39. The zero-order chi connectivity index (χ0) is 28.8. The molecule has 3 heterocycles. The average Bonchev–Trinajstić information content (AvgIpc) is 3.05. The summed E-state index contributed by atoms with van der Waals surface area (Å²) in [5, 5.41) is 7.56. The number of anilines is 4. The van der Waals surface area contributed by atoms with E-state index >= 15 is 0 Å². The smallest absolute Gasteiger partial charge is 0.232 e. The minimum absolute atomic E-state index is 0.113. The molecule has 0 spiro atoms. The van der Waals surface area contributed by atoms with Crippen molar-refractivity contribution in [3.8, 4) is 0 Å². The van der Waals surface area contributed by atoms with Gasteiger partial charge < -0.3 is 25.3 Å². The number of thiocarbonyl (C=S) groups is 1. The van der Waals surface area contributed by atoms with Gasteiger partial charge in [0.15, 0.2) is 5.11 Å². The normalized spacial score (nSPS) is 20.7. The van der Waals surface area contributed by atoms with Crippen LogP contribution in [0.15, 0.2) is 66.7 Å². The fraction of sp³-hybridized carbons (Fsp3) is 0.500. The third kappa shape index (κ3) is 6.80.